The number of fused-ring (bicyclic) bond motifs is 1. The van der Waals surface area contributed by atoms with Crippen molar-refractivity contribution < 1.29 is 14.6 Å². The molecule has 2 atom stereocenters. The summed E-state index contributed by atoms with van der Waals surface area (Å²) in [6, 6.07) is 5.04. The molecule has 2 rings (SSSR count). The number of anilines is 2. The van der Waals surface area contributed by atoms with Crippen LogP contribution < -0.4 is 15.4 Å². The molecule has 2 unspecified atom stereocenters. The van der Waals surface area contributed by atoms with Crippen LogP contribution in [0.15, 0.2) is 18.2 Å². The highest BCUT2D eigenvalue weighted by atomic mass is 16.5. The second-order valence-electron chi connectivity index (χ2n) is 3.96. The van der Waals surface area contributed by atoms with E-state index in [0.717, 1.165) is 5.69 Å². The Bertz CT molecular complexity index is 433. The molecule has 1 heterocycles. The lowest BCUT2D eigenvalue weighted by molar-refractivity contribution is -0.146. The van der Waals surface area contributed by atoms with Gasteiger partial charge in [-0.2, -0.15) is 0 Å². The SMILES string of the molecule is CC1C(C(=O)O)Oc2cc(N)ccc2N1C. The van der Waals surface area contributed by atoms with Gasteiger partial charge in [0.1, 0.15) is 5.75 Å². The Morgan fingerprint density at radius 2 is 2.25 bits per heavy atom. The minimum absolute atomic E-state index is 0.214. The summed E-state index contributed by atoms with van der Waals surface area (Å²) in [4.78, 5) is 12.9. The fraction of sp³-hybridized carbons (Fsp3) is 0.364. The number of ether oxygens (including phenoxy) is 1. The summed E-state index contributed by atoms with van der Waals surface area (Å²) < 4.78 is 5.44. The third-order valence-electron chi connectivity index (χ3n) is 2.91. The Morgan fingerprint density at radius 1 is 1.56 bits per heavy atom. The number of benzene rings is 1. The molecular weight excluding hydrogens is 208 g/mol. The number of nitrogens with zero attached hydrogens (tertiary/aromatic N) is 1. The van der Waals surface area contributed by atoms with Gasteiger partial charge in [-0.1, -0.05) is 0 Å². The Kier molecular flexibility index (Phi) is 2.38. The highest BCUT2D eigenvalue weighted by molar-refractivity contribution is 5.77. The molecule has 0 saturated carbocycles. The third kappa shape index (κ3) is 1.54. The fourth-order valence-corrected chi connectivity index (χ4v) is 1.83. The molecule has 0 amide bonds. The Morgan fingerprint density at radius 3 is 2.88 bits per heavy atom. The van der Waals surface area contributed by atoms with Crippen molar-refractivity contribution in [2.75, 3.05) is 17.7 Å². The standard InChI is InChI=1S/C11H14N2O3/c1-6-10(11(14)15)16-9-5-7(12)3-4-8(9)13(6)2/h3-6,10H,12H2,1-2H3,(H,14,15). The van der Waals surface area contributed by atoms with E-state index in [2.05, 4.69) is 0 Å². The summed E-state index contributed by atoms with van der Waals surface area (Å²) >= 11 is 0. The van der Waals surface area contributed by atoms with Crippen molar-refractivity contribution in [1.82, 2.24) is 0 Å². The van der Waals surface area contributed by atoms with Crippen LogP contribution in [0.3, 0.4) is 0 Å². The number of rotatable bonds is 1. The lowest BCUT2D eigenvalue weighted by Gasteiger charge is -2.37. The Hall–Kier alpha value is -1.91. The maximum absolute atomic E-state index is 11.0. The minimum Gasteiger partial charge on any atom is -0.478 e. The fourth-order valence-electron chi connectivity index (χ4n) is 1.83. The minimum atomic E-state index is -0.965. The van der Waals surface area contributed by atoms with Gasteiger partial charge in [0.05, 0.1) is 11.7 Å². The van der Waals surface area contributed by atoms with E-state index in [1.54, 1.807) is 12.1 Å². The summed E-state index contributed by atoms with van der Waals surface area (Å²) in [5, 5.41) is 9.04. The lowest BCUT2D eigenvalue weighted by Crippen LogP contribution is -2.50. The first kappa shape index (κ1) is 10.6. The monoisotopic (exact) mass is 222 g/mol. The molecular formula is C11H14N2O3. The zero-order valence-electron chi connectivity index (χ0n) is 9.18. The first-order valence-electron chi connectivity index (χ1n) is 5.02. The van der Waals surface area contributed by atoms with E-state index in [1.165, 1.54) is 0 Å². The van der Waals surface area contributed by atoms with E-state index >= 15 is 0 Å². The predicted molar refractivity (Wildman–Crippen MR) is 60.8 cm³/mol. The molecule has 86 valence electrons. The van der Waals surface area contributed by atoms with Crippen LogP contribution in [0.1, 0.15) is 6.92 Å². The van der Waals surface area contributed by atoms with Crippen molar-refractivity contribution >= 4 is 17.3 Å². The van der Waals surface area contributed by atoms with Crippen LogP contribution in [0.2, 0.25) is 0 Å². The van der Waals surface area contributed by atoms with Gasteiger partial charge in [-0.3, -0.25) is 0 Å². The average molecular weight is 222 g/mol. The summed E-state index contributed by atoms with van der Waals surface area (Å²) in [5.41, 5.74) is 7.06. The number of aliphatic carboxylic acids is 1. The van der Waals surface area contributed by atoms with Crippen molar-refractivity contribution in [3.8, 4) is 5.75 Å². The molecule has 1 aliphatic heterocycles. The normalized spacial score (nSPS) is 23.5. The van der Waals surface area contributed by atoms with Gasteiger partial charge in [0.15, 0.2) is 0 Å². The first-order chi connectivity index (χ1) is 7.50. The molecule has 1 aromatic carbocycles. The smallest absolute Gasteiger partial charge is 0.347 e. The topological polar surface area (TPSA) is 75.8 Å². The molecule has 0 aliphatic carbocycles. The van der Waals surface area contributed by atoms with Crippen LogP contribution in [0, 0.1) is 0 Å². The molecule has 5 heteroatoms. The second-order valence-corrected chi connectivity index (χ2v) is 3.96. The first-order valence-corrected chi connectivity index (χ1v) is 5.02. The zero-order chi connectivity index (χ0) is 11.9. The number of likely N-dealkylation sites (N-methyl/N-ethyl adjacent to an activating group) is 1. The van der Waals surface area contributed by atoms with E-state index in [-0.39, 0.29) is 6.04 Å². The lowest BCUT2D eigenvalue weighted by atomic mass is 10.1. The summed E-state index contributed by atoms with van der Waals surface area (Å²) in [6.45, 7) is 1.82. The van der Waals surface area contributed by atoms with E-state index in [9.17, 15) is 4.79 Å². The van der Waals surface area contributed by atoms with E-state index < -0.39 is 12.1 Å². The predicted octanol–water partition coefficient (Wildman–Crippen LogP) is 0.939. The third-order valence-corrected chi connectivity index (χ3v) is 2.91. The number of hydrogen-bond acceptors (Lipinski definition) is 4. The van der Waals surface area contributed by atoms with Crippen molar-refractivity contribution in [2.24, 2.45) is 0 Å². The van der Waals surface area contributed by atoms with E-state index in [1.807, 2.05) is 24.9 Å². The quantitative estimate of drug-likeness (QED) is 0.691. The van der Waals surface area contributed by atoms with Crippen molar-refractivity contribution in [2.45, 2.75) is 19.1 Å². The van der Waals surface area contributed by atoms with Crippen molar-refractivity contribution in [3.63, 3.8) is 0 Å². The van der Waals surface area contributed by atoms with Crippen LogP contribution in [-0.2, 0) is 4.79 Å². The highest BCUT2D eigenvalue weighted by Gasteiger charge is 2.35. The highest BCUT2D eigenvalue weighted by Crippen LogP contribution is 2.36. The molecule has 1 aromatic rings. The molecule has 0 radical (unpaired) electrons. The van der Waals surface area contributed by atoms with Crippen LogP contribution in [-0.4, -0.2) is 30.3 Å². The summed E-state index contributed by atoms with van der Waals surface area (Å²) in [7, 11) is 1.85. The zero-order valence-corrected chi connectivity index (χ0v) is 9.18. The Labute approximate surface area is 93.4 Å². The molecule has 3 N–H and O–H groups in total. The number of carboxylic acids is 1. The number of carbonyl (C=O) groups is 1. The van der Waals surface area contributed by atoms with Crippen molar-refractivity contribution in [3.05, 3.63) is 18.2 Å². The van der Waals surface area contributed by atoms with Gasteiger partial charge in [-0.05, 0) is 19.1 Å². The number of nitrogens with two attached hydrogens (primary N) is 1. The number of carboxylic acid groups (broad SMARTS) is 1. The van der Waals surface area contributed by atoms with E-state index in [0.29, 0.717) is 11.4 Å². The Balaban J connectivity index is 2.44. The molecule has 0 fully saturated rings. The van der Waals surface area contributed by atoms with Gasteiger partial charge >= 0.3 is 5.97 Å². The van der Waals surface area contributed by atoms with Crippen LogP contribution in [0.25, 0.3) is 0 Å². The van der Waals surface area contributed by atoms with Crippen LogP contribution >= 0.6 is 0 Å². The average Bonchev–Trinajstić information content (AvgIpc) is 2.22. The van der Waals surface area contributed by atoms with Gasteiger partial charge in [0, 0.05) is 18.8 Å². The molecule has 0 spiro atoms. The molecule has 0 bridgehead atoms. The summed E-state index contributed by atoms with van der Waals surface area (Å²) in [6.07, 6.45) is -0.862. The van der Waals surface area contributed by atoms with Crippen LogP contribution in [0.4, 0.5) is 11.4 Å². The molecule has 0 saturated heterocycles. The van der Waals surface area contributed by atoms with E-state index in [4.69, 9.17) is 15.6 Å². The largest absolute Gasteiger partial charge is 0.478 e. The number of nitrogen functional groups attached to an aromatic ring is 1. The molecule has 1 aliphatic rings. The van der Waals surface area contributed by atoms with Gasteiger partial charge in [0.2, 0.25) is 6.10 Å². The van der Waals surface area contributed by atoms with Crippen molar-refractivity contribution in [1.29, 1.82) is 0 Å². The molecule has 0 aromatic heterocycles. The molecule has 5 nitrogen and oxygen atoms in total. The van der Waals surface area contributed by atoms with Crippen LogP contribution in [0.5, 0.6) is 5.75 Å². The molecule has 16 heavy (non-hydrogen) atoms. The van der Waals surface area contributed by atoms with Gasteiger partial charge in [-0.15, -0.1) is 0 Å². The summed E-state index contributed by atoms with van der Waals surface area (Å²) in [5.74, 6) is -0.444. The van der Waals surface area contributed by atoms with Gasteiger partial charge < -0.3 is 20.5 Å². The maximum atomic E-state index is 11.0. The van der Waals surface area contributed by atoms with Gasteiger partial charge in [-0.25, -0.2) is 4.79 Å². The number of hydrogen-bond donors (Lipinski definition) is 2. The van der Waals surface area contributed by atoms with Gasteiger partial charge in [0.25, 0.3) is 0 Å². The second kappa shape index (κ2) is 3.59. The maximum Gasteiger partial charge on any atom is 0.347 e.